The first kappa shape index (κ1) is 14.7. The van der Waals surface area contributed by atoms with Gasteiger partial charge in [-0.25, -0.2) is 4.39 Å². The van der Waals surface area contributed by atoms with E-state index in [1.807, 2.05) is 6.07 Å². The maximum absolute atomic E-state index is 13.5. The zero-order valence-electron chi connectivity index (χ0n) is 10.8. The fourth-order valence-corrected chi connectivity index (χ4v) is 3.27. The number of halogens is 2. The highest BCUT2D eigenvalue weighted by atomic mass is 79.9. The molecule has 0 fully saturated rings. The van der Waals surface area contributed by atoms with E-state index < -0.39 is 0 Å². The van der Waals surface area contributed by atoms with Crippen LogP contribution < -0.4 is 5.32 Å². The molecular formula is C15H17BrFNS. The Kier molecular flexibility index (Phi) is 5.55. The molecule has 1 heterocycles. The van der Waals surface area contributed by atoms with E-state index >= 15 is 0 Å². The minimum Gasteiger partial charge on any atom is -0.310 e. The van der Waals surface area contributed by atoms with Gasteiger partial charge in [-0.1, -0.05) is 28.9 Å². The molecule has 2 aromatic rings. The smallest absolute Gasteiger partial charge is 0.124 e. The monoisotopic (exact) mass is 341 g/mol. The van der Waals surface area contributed by atoms with Crippen molar-refractivity contribution < 1.29 is 4.39 Å². The van der Waals surface area contributed by atoms with Crippen molar-refractivity contribution in [3.63, 3.8) is 0 Å². The molecule has 0 aliphatic rings. The number of hydrogen-bond donors (Lipinski definition) is 1. The minimum absolute atomic E-state index is 0.158. The third kappa shape index (κ3) is 4.41. The number of thiophene rings is 1. The summed E-state index contributed by atoms with van der Waals surface area (Å²) < 4.78 is 14.3. The highest BCUT2D eigenvalue weighted by Crippen LogP contribution is 2.25. The first-order valence-electron chi connectivity index (χ1n) is 6.40. The molecule has 0 amide bonds. The van der Waals surface area contributed by atoms with Crippen LogP contribution in [0.5, 0.6) is 0 Å². The maximum atomic E-state index is 13.5. The summed E-state index contributed by atoms with van der Waals surface area (Å²) in [4.78, 5) is 1.31. The Morgan fingerprint density at radius 2 is 2.21 bits per heavy atom. The second-order valence-electron chi connectivity index (χ2n) is 4.49. The van der Waals surface area contributed by atoms with Gasteiger partial charge in [-0.2, -0.15) is 0 Å². The van der Waals surface area contributed by atoms with Crippen molar-refractivity contribution in [2.24, 2.45) is 0 Å². The van der Waals surface area contributed by atoms with Gasteiger partial charge in [0.15, 0.2) is 0 Å². The lowest BCUT2D eigenvalue weighted by Crippen LogP contribution is -2.24. The normalized spacial score (nSPS) is 12.6. The maximum Gasteiger partial charge on any atom is 0.124 e. The first-order chi connectivity index (χ1) is 9.19. The molecule has 0 spiro atoms. The van der Waals surface area contributed by atoms with Crippen LogP contribution in [0.1, 0.15) is 29.8 Å². The lowest BCUT2D eigenvalue weighted by atomic mass is 10.0. The van der Waals surface area contributed by atoms with Crippen molar-refractivity contribution in [1.29, 1.82) is 0 Å². The van der Waals surface area contributed by atoms with Crippen molar-refractivity contribution in [3.05, 3.63) is 56.4 Å². The van der Waals surface area contributed by atoms with Gasteiger partial charge in [-0.05, 0) is 48.2 Å². The Morgan fingerprint density at radius 3 is 2.84 bits per heavy atom. The van der Waals surface area contributed by atoms with Gasteiger partial charge >= 0.3 is 0 Å². The fourth-order valence-electron chi connectivity index (χ4n) is 2.03. The Hall–Kier alpha value is -0.710. The van der Waals surface area contributed by atoms with Gasteiger partial charge in [-0.3, -0.25) is 0 Å². The van der Waals surface area contributed by atoms with Crippen LogP contribution in [0.3, 0.4) is 0 Å². The molecule has 1 aromatic heterocycles. The average molecular weight is 342 g/mol. The molecule has 0 saturated carbocycles. The summed E-state index contributed by atoms with van der Waals surface area (Å²) in [5, 5.41) is 5.57. The second kappa shape index (κ2) is 7.17. The van der Waals surface area contributed by atoms with E-state index in [1.54, 1.807) is 17.4 Å². The van der Waals surface area contributed by atoms with Crippen LogP contribution in [0.25, 0.3) is 0 Å². The molecule has 1 nitrogen and oxygen atoms in total. The van der Waals surface area contributed by atoms with E-state index in [-0.39, 0.29) is 11.9 Å². The molecule has 0 saturated heterocycles. The molecule has 1 N–H and O–H groups in total. The quantitative estimate of drug-likeness (QED) is 0.785. The van der Waals surface area contributed by atoms with Crippen LogP contribution in [-0.2, 0) is 6.42 Å². The third-order valence-electron chi connectivity index (χ3n) is 2.91. The lowest BCUT2D eigenvalue weighted by molar-refractivity contribution is 0.526. The number of hydrogen-bond acceptors (Lipinski definition) is 2. The molecule has 4 heteroatoms. The lowest BCUT2D eigenvalue weighted by Gasteiger charge is -2.19. The van der Waals surface area contributed by atoms with Gasteiger partial charge in [0.2, 0.25) is 0 Å². The van der Waals surface area contributed by atoms with Crippen LogP contribution in [0.4, 0.5) is 4.39 Å². The summed E-state index contributed by atoms with van der Waals surface area (Å²) in [5.74, 6) is -0.196. The topological polar surface area (TPSA) is 12.0 Å². The van der Waals surface area contributed by atoms with Gasteiger partial charge in [0, 0.05) is 21.8 Å². The Labute approximate surface area is 126 Å². The van der Waals surface area contributed by atoms with Crippen LogP contribution in [0.2, 0.25) is 0 Å². The van der Waals surface area contributed by atoms with E-state index in [0.717, 1.165) is 29.4 Å². The first-order valence-corrected chi connectivity index (χ1v) is 8.08. The van der Waals surface area contributed by atoms with E-state index in [9.17, 15) is 4.39 Å². The minimum atomic E-state index is -0.196. The molecule has 1 atom stereocenters. The summed E-state index contributed by atoms with van der Waals surface area (Å²) in [6.45, 7) is 3.07. The predicted octanol–water partition coefficient (Wildman–Crippen LogP) is 4.93. The molecule has 0 radical (unpaired) electrons. The van der Waals surface area contributed by atoms with Crippen LogP contribution in [0.15, 0.2) is 40.2 Å². The predicted molar refractivity (Wildman–Crippen MR) is 83.2 cm³/mol. The van der Waals surface area contributed by atoms with Crippen LogP contribution >= 0.6 is 27.3 Å². The van der Waals surface area contributed by atoms with Gasteiger partial charge in [-0.15, -0.1) is 11.3 Å². The largest absolute Gasteiger partial charge is 0.310 e. The summed E-state index contributed by atoms with van der Waals surface area (Å²) in [5.41, 5.74) is 0.994. The van der Waals surface area contributed by atoms with Gasteiger partial charge in [0.25, 0.3) is 0 Å². The Balaban J connectivity index is 2.20. The van der Waals surface area contributed by atoms with Crippen molar-refractivity contribution in [1.82, 2.24) is 5.32 Å². The summed E-state index contributed by atoms with van der Waals surface area (Å²) in [6, 6.07) is 9.43. The third-order valence-corrected chi connectivity index (χ3v) is 4.27. The molecule has 1 aromatic carbocycles. The molecule has 0 aliphatic carbocycles. The SMILES string of the molecule is CCCNC(Cc1cccs1)c1cc(F)cc(Br)c1. The van der Waals surface area contributed by atoms with Gasteiger partial charge in [0.1, 0.15) is 5.82 Å². The molecule has 2 rings (SSSR count). The van der Waals surface area contributed by atoms with E-state index in [4.69, 9.17) is 0 Å². The number of nitrogens with one attached hydrogen (secondary N) is 1. The Morgan fingerprint density at radius 1 is 1.37 bits per heavy atom. The number of benzene rings is 1. The van der Waals surface area contributed by atoms with E-state index in [2.05, 4.69) is 45.7 Å². The standard InChI is InChI=1S/C15H17BrFNS/c1-2-5-18-15(10-14-4-3-6-19-14)11-7-12(16)9-13(17)8-11/h3-4,6-9,15,18H,2,5,10H2,1H3. The molecule has 1 unspecified atom stereocenters. The number of rotatable bonds is 6. The molecular weight excluding hydrogens is 325 g/mol. The molecule has 19 heavy (non-hydrogen) atoms. The molecule has 0 aliphatic heterocycles. The highest BCUT2D eigenvalue weighted by molar-refractivity contribution is 9.10. The van der Waals surface area contributed by atoms with Crippen LogP contribution in [0, 0.1) is 5.82 Å². The van der Waals surface area contributed by atoms with Crippen molar-refractivity contribution in [2.75, 3.05) is 6.54 Å². The molecule has 102 valence electrons. The van der Waals surface area contributed by atoms with E-state index in [1.165, 1.54) is 10.9 Å². The summed E-state index contributed by atoms with van der Waals surface area (Å²) in [6.07, 6.45) is 1.96. The Bertz CT molecular complexity index is 493. The zero-order chi connectivity index (χ0) is 13.7. The molecule has 0 bridgehead atoms. The summed E-state index contributed by atoms with van der Waals surface area (Å²) in [7, 11) is 0. The fraction of sp³-hybridized carbons (Fsp3) is 0.333. The van der Waals surface area contributed by atoms with Crippen molar-refractivity contribution in [3.8, 4) is 0 Å². The van der Waals surface area contributed by atoms with Crippen molar-refractivity contribution >= 4 is 27.3 Å². The van der Waals surface area contributed by atoms with Gasteiger partial charge in [0.05, 0.1) is 0 Å². The zero-order valence-corrected chi connectivity index (χ0v) is 13.2. The second-order valence-corrected chi connectivity index (χ2v) is 6.44. The van der Waals surface area contributed by atoms with Crippen molar-refractivity contribution in [2.45, 2.75) is 25.8 Å². The van der Waals surface area contributed by atoms with E-state index in [0.29, 0.717) is 0 Å². The summed E-state index contributed by atoms with van der Waals surface area (Å²) >= 11 is 5.10. The van der Waals surface area contributed by atoms with Gasteiger partial charge < -0.3 is 5.32 Å². The average Bonchev–Trinajstić information content (AvgIpc) is 2.86. The highest BCUT2D eigenvalue weighted by Gasteiger charge is 2.13. The van der Waals surface area contributed by atoms with Crippen LogP contribution in [-0.4, -0.2) is 6.54 Å².